The Morgan fingerprint density at radius 3 is 2.68 bits per heavy atom. The van der Waals surface area contributed by atoms with E-state index in [1.807, 2.05) is 0 Å². The lowest BCUT2D eigenvalue weighted by atomic mass is 9.77. The number of hydrogen-bond acceptors (Lipinski definition) is 1. The largest absolute Gasteiger partial charge is 0.350 e. The Morgan fingerprint density at radius 2 is 2.05 bits per heavy atom. The maximum Gasteiger partial charge on any atom is 0.223 e. The standard InChI is InChI=1S/C16H20BrNO/c17-11-16(8-3-9-16)18-15(19)14-7-6-12-4-1-2-5-13(12)10-14/h1-2,4-5,14H,3,6-11H2,(H,18,19). The van der Waals surface area contributed by atoms with Crippen LogP contribution in [0.25, 0.3) is 0 Å². The van der Waals surface area contributed by atoms with Gasteiger partial charge in [-0.25, -0.2) is 0 Å². The van der Waals surface area contributed by atoms with Crippen LogP contribution in [0.3, 0.4) is 0 Å². The van der Waals surface area contributed by atoms with E-state index in [9.17, 15) is 4.79 Å². The molecule has 1 saturated carbocycles. The molecule has 1 amide bonds. The molecule has 0 heterocycles. The molecule has 0 spiro atoms. The molecule has 19 heavy (non-hydrogen) atoms. The van der Waals surface area contributed by atoms with Gasteiger partial charge in [-0.1, -0.05) is 40.2 Å². The number of aryl methyl sites for hydroxylation is 1. The van der Waals surface area contributed by atoms with E-state index in [1.54, 1.807) is 0 Å². The van der Waals surface area contributed by atoms with Crippen LogP contribution in [0.2, 0.25) is 0 Å². The normalized spacial score (nSPS) is 24.2. The predicted molar refractivity (Wildman–Crippen MR) is 80.5 cm³/mol. The van der Waals surface area contributed by atoms with Crippen molar-refractivity contribution in [2.45, 2.75) is 44.1 Å². The number of halogens is 1. The Labute approximate surface area is 123 Å². The third-order valence-corrected chi connectivity index (χ3v) is 5.75. The summed E-state index contributed by atoms with van der Waals surface area (Å²) in [4.78, 5) is 12.4. The molecule has 1 aromatic rings. The lowest BCUT2D eigenvalue weighted by Gasteiger charge is -2.42. The van der Waals surface area contributed by atoms with E-state index in [4.69, 9.17) is 0 Å². The number of amides is 1. The van der Waals surface area contributed by atoms with Crippen molar-refractivity contribution in [1.82, 2.24) is 5.32 Å². The van der Waals surface area contributed by atoms with E-state index in [0.29, 0.717) is 0 Å². The first-order valence-corrected chi connectivity index (χ1v) is 8.29. The van der Waals surface area contributed by atoms with Crippen molar-refractivity contribution >= 4 is 21.8 Å². The Bertz CT molecular complexity index is 476. The monoisotopic (exact) mass is 321 g/mol. The summed E-state index contributed by atoms with van der Waals surface area (Å²) in [6.07, 6.45) is 6.40. The predicted octanol–water partition coefficient (Wildman–Crippen LogP) is 3.23. The number of alkyl halides is 1. The minimum absolute atomic E-state index is 0.0497. The Kier molecular flexibility index (Phi) is 3.66. The van der Waals surface area contributed by atoms with Crippen LogP contribution in [-0.2, 0) is 17.6 Å². The van der Waals surface area contributed by atoms with E-state index < -0.39 is 0 Å². The zero-order chi connectivity index (χ0) is 13.3. The van der Waals surface area contributed by atoms with Gasteiger partial charge in [-0.15, -0.1) is 0 Å². The van der Waals surface area contributed by atoms with E-state index >= 15 is 0 Å². The van der Waals surface area contributed by atoms with Gasteiger partial charge < -0.3 is 5.32 Å². The highest BCUT2D eigenvalue weighted by Gasteiger charge is 2.39. The van der Waals surface area contributed by atoms with Crippen molar-refractivity contribution in [1.29, 1.82) is 0 Å². The molecule has 102 valence electrons. The molecule has 3 heteroatoms. The molecule has 1 atom stereocenters. The highest BCUT2D eigenvalue weighted by Crippen LogP contribution is 2.34. The van der Waals surface area contributed by atoms with Crippen LogP contribution in [-0.4, -0.2) is 16.8 Å². The maximum atomic E-state index is 12.4. The molecule has 2 nitrogen and oxygen atoms in total. The molecule has 3 rings (SSSR count). The number of carbonyl (C=O) groups is 1. The van der Waals surface area contributed by atoms with Crippen LogP contribution >= 0.6 is 15.9 Å². The summed E-state index contributed by atoms with van der Waals surface area (Å²) in [7, 11) is 0. The lowest BCUT2D eigenvalue weighted by molar-refractivity contribution is -0.128. The summed E-state index contributed by atoms with van der Waals surface area (Å²) in [6, 6.07) is 8.52. The minimum atomic E-state index is 0.0497. The van der Waals surface area contributed by atoms with Crippen molar-refractivity contribution in [2.75, 3.05) is 5.33 Å². The number of rotatable bonds is 3. The van der Waals surface area contributed by atoms with Crippen molar-refractivity contribution in [2.24, 2.45) is 5.92 Å². The second kappa shape index (κ2) is 5.28. The third-order valence-electron chi connectivity index (χ3n) is 4.67. The van der Waals surface area contributed by atoms with E-state index in [-0.39, 0.29) is 17.4 Å². The van der Waals surface area contributed by atoms with Crippen LogP contribution < -0.4 is 5.32 Å². The number of hydrogen-bond donors (Lipinski definition) is 1. The molecular formula is C16H20BrNO. The quantitative estimate of drug-likeness (QED) is 0.851. The first-order chi connectivity index (χ1) is 9.22. The molecule has 0 radical (unpaired) electrons. The molecule has 0 aromatic heterocycles. The average molecular weight is 322 g/mol. The van der Waals surface area contributed by atoms with Crippen LogP contribution in [0.5, 0.6) is 0 Å². The van der Waals surface area contributed by atoms with E-state index in [2.05, 4.69) is 45.5 Å². The molecule has 1 fully saturated rings. The van der Waals surface area contributed by atoms with Gasteiger partial charge >= 0.3 is 0 Å². The Balaban J connectivity index is 1.66. The summed E-state index contributed by atoms with van der Waals surface area (Å²) < 4.78 is 0. The van der Waals surface area contributed by atoms with E-state index in [1.165, 1.54) is 17.5 Å². The van der Waals surface area contributed by atoms with Gasteiger partial charge in [0.15, 0.2) is 0 Å². The second-order valence-electron chi connectivity index (χ2n) is 5.97. The van der Waals surface area contributed by atoms with Crippen molar-refractivity contribution in [3.05, 3.63) is 35.4 Å². The van der Waals surface area contributed by atoms with Gasteiger partial charge in [-0.2, -0.15) is 0 Å². The van der Waals surface area contributed by atoms with Gasteiger partial charge in [0, 0.05) is 16.8 Å². The van der Waals surface area contributed by atoms with Crippen molar-refractivity contribution in [3.8, 4) is 0 Å². The van der Waals surface area contributed by atoms with Gasteiger partial charge in [0.2, 0.25) is 5.91 Å². The fourth-order valence-electron chi connectivity index (χ4n) is 3.18. The van der Waals surface area contributed by atoms with Gasteiger partial charge in [-0.05, 0) is 49.7 Å². The topological polar surface area (TPSA) is 29.1 Å². The smallest absolute Gasteiger partial charge is 0.223 e. The number of fused-ring (bicyclic) bond motifs is 1. The highest BCUT2D eigenvalue weighted by molar-refractivity contribution is 9.09. The van der Waals surface area contributed by atoms with E-state index in [0.717, 1.165) is 37.4 Å². The van der Waals surface area contributed by atoms with Crippen LogP contribution in [0.15, 0.2) is 24.3 Å². The summed E-state index contributed by atoms with van der Waals surface area (Å²) in [5.41, 5.74) is 2.83. The molecule has 0 aliphatic heterocycles. The number of nitrogens with one attached hydrogen (secondary N) is 1. The molecule has 0 saturated heterocycles. The maximum absolute atomic E-state index is 12.4. The molecule has 1 aromatic carbocycles. The van der Waals surface area contributed by atoms with Crippen LogP contribution in [0.1, 0.15) is 36.8 Å². The van der Waals surface area contributed by atoms with Gasteiger partial charge in [0.1, 0.15) is 0 Å². The van der Waals surface area contributed by atoms with Crippen LogP contribution in [0, 0.1) is 5.92 Å². The van der Waals surface area contributed by atoms with Gasteiger partial charge in [0.05, 0.1) is 0 Å². The Morgan fingerprint density at radius 1 is 1.32 bits per heavy atom. The lowest BCUT2D eigenvalue weighted by Crippen LogP contribution is -2.56. The highest BCUT2D eigenvalue weighted by atomic mass is 79.9. The summed E-state index contributed by atoms with van der Waals surface area (Å²) in [5, 5.41) is 4.18. The molecular weight excluding hydrogens is 302 g/mol. The first-order valence-electron chi connectivity index (χ1n) is 7.17. The molecule has 0 bridgehead atoms. The van der Waals surface area contributed by atoms with Crippen molar-refractivity contribution in [3.63, 3.8) is 0 Å². The van der Waals surface area contributed by atoms with Crippen molar-refractivity contribution < 1.29 is 4.79 Å². The number of carbonyl (C=O) groups excluding carboxylic acids is 1. The van der Waals surface area contributed by atoms with Gasteiger partial charge in [-0.3, -0.25) is 4.79 Å². The third kappa shape index (κ3) is 2.58. The SMILES string of the molecule is O=C(NC1(CBr)CCC1)C1CCc2ccccc2C1. The molecule has 1 N–H and O–H groups in total. The molecule has 1 unspecified atom stereocenters. The number of benzene rings is 1. The summed E-state index contributed by atoms with van der Waals surface area (Å²) in [5.74, 6) is 0.417. The fraction of sp³-hybridized carbons (Fsp3) is 0.562. The zero-order valence-corrected chi connectivity index (χ0v) is 12.7. The molecule has 2 aliphatic rings. The summed E-state index contributed by atoms with van der Waals surface area (Å²) in [6.45, 7) is 0. The minimum Gasteiger partial charge on any atom is -0.350 e. The molecule has 2 aliphatic carbocycles. The Hall–Kier alpha value is -0.830. The van der Waals surface area contributed by atoms with Crippen LogP contribution in [0.4, 0.5) is 0 Å². The van der Waals surface area contributed by atoms with Gasteiger partial charge in [0.25, 0.3) is 0 Å². The second-order valence-corrected chi connectivity index (χ2v) is 6.53. The first kappa shape index (κ1) is 13.2. The summed E-state index contributed by atoms with van der Waals surface area (Å²) >= 11 is 3.55. The fourth-order valence-corrected chi connectivity index (χ4v) is 3.88. The average Bonchev–Trinajstić information content (AvgIpc) is 2.42. The zero-order valence-electron chi connectivity index (χ0n) is 11.1.